The number of aryl methyl sites for hydroxylation is 1. The molecule has 0 bridgehead atoms. The zero-order valence-corrected chi connectivity index (χ0v) is 13.9. The van der Waals surface area contributed by atoms with E-state index in [0.29, 0.717) is 11.4 Å². The highest BCUT2D eigenvalue weighted by Gasteiger charge is 2.19. The van der Waals surface area contributed by atoms with Gasteiger partial charge in [0, 0.05) is 25.0 Å². The highest BCUT2D eigenvalue weighted by molar-refractivity contribution is 7.09. The summed E-state index contributed by atoms with van der Waals surface area (Å²) in [5.41, 5.74) is 0.927. The first-order valence-corrected chi connectivity index (χ1v) is 8.07. The van der Waals surface area contributed by atoms with Crippen LogP contribution in [-0.2, 0) is 13.5 Å². The molecule has 3 aromatic rings. The molecule has 0 fully saturated rings. The number of thiazole rings is 1. The van der Waals surface area contributed by atoms with Crippen molar-refractivity contribution in [2.24, 2.45) is 7.05 Å². The fourth-order valence-electron chi connectivity index (χ4n) is 2.20. The van der Waals surface area contributed by atoms with Gasteiger partial charge < -0.3 is 10.4 Å². The van der Waals surface area contributed by atoms with E-state index in [1.807, 2.05) is 0 Å². The second kappa shape index (κ2) is 6.81. The fourth-order valence-corrected chi connectivity index (χ4v) is 3.01. The second-order valence-electron chi connectivity index (χ2n) is 5.25. The third kappa shape index (κ3) is 3.89. The molecule has 0 radical (unpaired) electrons. The Morgan fingerprint density at radius 3 is 2.72 bits per heavy atom. The molecule has 2 heterocycles. The van der Waals surface area contributed by atoms with Gasteiger partial charge in [0.1, 0.15) is 11.5 Å². The number of amides is 1. The maximum absolute atomic E-state index is 12.9. The number of carbonyl (C=O) groups is 2. The van der Waals surface area contributed by atoms with Crippen molar-refractivity contribution < 1.29 is 19.1 Å². The first-order valence-electron chi connectivity index (χ1n) is 7.19. The average Bonchev–Trinajstić information content (AvgIpc) is 3.16. The minimum absolute atomic E-state index is 0.105. The zero-order valence-electron chi connectivity index (χ0n) is 13.1. The number of halogens is 1. The number of nitrogens with zero attached hydrogens (tertiary/aromatic N) is 3. The number of anilines is 1. The van der Waals surface area contributed by atoms with E-state index in [1.54, 1.807) is 24.6 Å². The summed E-state index contributed by atoms with van der Waals surface area (Å²) in [6.45, 7) is 0. The van der Waals surface area contributed by atoms with Crippen LogP contribution >= 0.6 is 11.3 Å². The number of carbonyl (C=O) groups excluding carboxylic acids is 1. The Morgan fingerprint density at radius 1 is 1.32 bits per heavy atom. The van der Waals surface area contributed by atoms with E-state index in [1.165, 1.54) is 34.3 Å². The monoisotopic (exact) mass is 360 g/mol. The summed E-state index contributed by atoms with van der Waals surface area (Å²) in [4.78, 5) is 27.6. The van der Waals surface area contributed by atoms with Crippen LogP contribution in [0.2, 0.25) is 0 Å². The van der Waals surface area contributed by atoms with Gasteiger partial charge in [-0.3, -0.25) is 9.48 Å². The maximum atomic E-state index is 12.9. The molecule has 0 spiro atoms. The van der Waals surface area contributed by atoms with Crippen molar-refractivity contribution in [2.75, 3.05) is 5.32 Å². The van der Waals surface area contributed by atoms with Gasteiger partial charge in [-0.1, -0.05) is 12.1 Å². The molecule has 9 heteroatoms. The van der Waals surface area contributed by atoms with Gasteiger partial charge in [-0.2, -0.15) is 5.10 Å². The lowest BCUT2D eigenvalue weighted by atomic mass is 10.1. The molecule has 0 saturated carbocycles. The van der Waals surface area contributed by atoms with Gasteiger partial charge in [0.2, 0.25) is 0 Å². The van der Waals surface area contributed by atoms with E-state index in [4.69, 9.17) is 5.11 Å². The predicted molar refractivity (Wildman–Crippen MR) is 89.4 cm³/mol. The molecule has 128 valence electrons. The minimum atomic E-state index is -1.23. The number of nitrogens with one attached hydrogen (secondary N) is 1. The minimum Gasteiger partial charge on any atom is -0.476 e. The van der Waals surface area contributed by atoms with Crippen LogP contribution in [0.1, 0.15) is 31.5 Å². The van der Waals surface area contributed by atoms with E-state index < -0.39 is 11.9 Å². The van der Waals surface area contributed by atoms with E-state index in [2.05, 4.69) is 15.4 Å². The molecule has 3 rings (SSSR count). The van der Waals surface area contributed by atoms with Gasteiger partial charge in [-0.25, -0.2) is 14.2 Å². The van der Waals surface area contributed by atoms with Gasteiger partial charge in [-0.15, -0.1) is 11.3 Å². The van der Waals surface area contributed by atoms with Crippen molar-refractivity contribution in [3.05, 3.63) is 63.6 Å². The standard InChI is InChI=1S/C16H13FN4O3S/c1-21-7-11(14(20-21)16(23)24)19-15(22)12-8-25-13(18-12)6-9-2-4-10(17)5-3-9/h2-5,7-8H,6H2,1H3,(H,19,22)(H,23,24). The Hall–Kier alpha value is -3.07. The van der Waals surface area contributed by atoms with E-state index >= 15 is 0 Å². The van der Waals surface area contributed by atoms with E-state index in [-0.39, 0.29) is 22.9 Å². The predicted octanol–water partition coefficient (Wildman–Crippen LogP) is 2.56. The number of benzene rings is 1. The summed E-state index contributed by atoms with van der Waals surface area (Å²) in [7, 11) is 1.56. The van der Waals surface area contributed by atoms with Gasteiger partial charge in [0.05, 0.1) is 10.7 Å². The molecular weight excluding hydrogens is 347 g/mol. The molecule has 1 amide bonds. The summed E-state index contributed by atoms with van der Waals surface area (Å²) >= 11 is 1.30. The van der Waals surface area contributed by atoms with Crippen LogP contribution in [0.3, 0.4) is 0 Å². The highest BCUT2D eigenvalue weighted by Crippen LogP contribution is 2.18. The Labute approximate surface area is 145 Å². The largest absolute Gasteiger partial charge is 0.476 e. The van der Waals surface area contributed by atoms with Crippen molar-refractivity contribution in [2.45, 2.75) is 6.42 Å². The number of carboxylic acids is 1. The molecular formula is C16H13FN4O3S. The van der Waals surface area contributed by atoms with Crippen molar-refractivity contribution in [1.82, 2.24) is 14.8 Å². The fraction of sp³-hybridized carbons (Fsp3) is 0.125. The quantitative estimate of drug-likeness (QED) is 0.729. The lowest BCUT2D eigenvalue weighted by Crippen LogP contribution is -2.14. The number of carboxylic acid groups (broad SMARTS) is 1. The number of hydrogen-bond donors (Lipinski definition) is 2. The SMILES string of the molecule is Cn1cc(NC(=O)c2csc(Cc3ccc(F)cc3)n2)c(C(=O)O)n1. The highest BCUT2D eigenvalue weighted by atomic mass is 32.1. The summed E-state index contributed by atoms with van der Waals surface area (Å²) in [6.07, 6.45) is 1.89. The Kier molecular flexibility index (Phi) is 4.57. The maximum Gasteiger partial charge on any atom is 0.358 e. The summed E-state index contributed by atoms with van der Waals surface area (Å²) in [6, 6.07) is 6.05. The molecule has 0 saturated heterocycles. The molecule has 0 atom stereocenters. The van der Waals surface area contributed by atoms with E-state index in [0.717, 1.165) is 5.56 Å². The first kappa shape index (κ1) is 16.8. The Balaban J connectivity index is 1.72. The first-order chi connectivity index (χ1) is 11.9. The van der Waals surface area contributed by atoms with Crippen molar-refractivity contribution >= 4 is 28.9 Å². The molecule has 7 nitrogen and oxygen atoms in total. The van der Waals surface area contributed by atoms with Crippen LogP contribution in [-0.4, -0.2) is 31.7 Å². The normalized spacial score (nSPS) is 10.6. The lowest BCUT2D eigenvalue weighted by Gasteiger charge is -2.01. The average molecular weight is 360 g/mol. The van der Waals surface area contributed by atoms with Crippen molar-refractivity contribution in [1.29, 1.82) is 0 Å². The van der Waals surface area contributed by atoms with Crippen LogP contribution in [0.15, 0.2) is 35.8 Å². The van der Waals surface area contributed by atoms with Crippen molar-refractivity contribution in [3.63, 3.8) is 0 Å². The lowest BCUT2D eigenvalue weighted by molar-refractivity contribution is 0.0690. The summed E-state index contributed by atoms with van der Waals surface area (Å²) in [5, 5.41) is 17.7. The van der Waals surface area contributed by atoms with Gasteiger partial charge >= 0.3 is 5.97 Å². The van der Waals surface area contributed by atoms with Crippen molar-refractivity contribution in [3.8, 4) is 0 Å². The molecule has 25 heavy (non-hydrogen) atoms. The molecule has 2 aromatic heterocycles. The smallest absolute Gasteiger partial charge is 0.358 e. The third-order valence-corrected chi connectivity index (χ3v) is 4.18. The molecule has 2 N–H and O–H groups in total. The third-order valence-electron chi connectivity index (χ3n) is 3.33. The van der Waals surface area contributed by atoms with Gasteiger partial charge in [-0.05, 0) is 17.7 Å². The summed E-state index contributed by atoms with van der Waals surface area (Å²) < 4.78 is 14.2. The topological polar surface area (TPSA) is 97.1 Å². The van der Waals surface area contributed by atoms with E-state index in [9.17, 15) is 14.0 Å². The number of aromatic nitrogens is 3. The van der Waals surface area contributed by atoms with Crippen LogP contribution < -0.4 is 5.32 Å². The van der Waals surface area contributed by atoms with Crippen LogP contribution in [0, 0.1) is 5.82 Å². The van der Waals surface area contributed by atoms with Crippen LogP contribution in [0.4, 0.5) is 10.1 Å². The summed E-state index contributed by atoms with van der Waals surface area (Å²) in [5.74, 6) is -2.06. The molecule has 1 aromatic carbocycles. The Morgan fingerprint density at radius 2 is 2.04 bits per heavy atom. The zero-order chi connectivity index (χ0) is 18.0. The number of rotatable bonds is 5. The second-order valence-corrected chi connectivity index (χ2v) is 6.20. The molecule has 0 aliphatic carbocycles. The number of hydrogen-bond acceptors (Lipinski definition) is 5. The molecule has 0 aliphatic heterocycles. The molecule has 0 aliphatic rings. The number of aromatic carboxylic acids is 1. The van der Waals surface area contributed by atoms with Crippen LogP contribution in [0.5, 0.6) is 0 Å². The van der Waals surface area contributed by atoms with Gasteiger partial charge in [0.15, 0.2) is 5.69 Å². The van der Waals surface area contributed by atoms with Gasteiger partial charge in [0.25, 0.3) is 5.91 Å². The van der Waals surface area contributed by atoms with Crippen LogP contribution in [0.25, 0.3) is 0 Å². The molecule has 0 unspecified atom stereocenters. The Bertz CT molecular complexity index is 933.